The zero-order valence-electron chi connectivity index (χ0n) is 18.7. The maximum absolute atomic E-state index is 13.3. The largest absolute Gasteiger partial charge is 0.341 e. The van der Waals surface area contributed by atoms with Crippen molar-refractivity contribution in [3.8, 4) is 0 Å². The number of hydrogen-bond donors (Lipinski definition) is 1. The van der Waals surface area contributed by atoms with Crippen molar-refractivity contribution in [2.24, 2.45) is 0 Å². The van der Waals surface area contributed by atoms with Crippen molar-refractivity contribution in [2.75, 3.05) is 12.0 Å². The van der Waals surface area contributed by atoms with Crippen molar-refractivity contribution in [2.45, 2.75) is 25.9 Å². The van der Waals surface area contributed by atoms with Gasteiger partial charge in [-0.15, -0.1) is 21.5 Å². The second kappa shape index (κ2) is 9.55. The standard InChI is InChI=1S/C24H23FN6OS2/c1-15-18-13-20(34-24(18)31(29-15)14-16-6-8-17(25)9-7-16)23(32)26-19(10-12-33-2)22-28-27-21-5-3-4-11-30(21)22/h3-9,11,13,19H,10,12,14H2,1-2H3,(H,26,32). The summed E-state index contributed by atoms with van der Waals surface area (Å²) in [6.45, 7) is 2.44. The number of thiophene rings is 1. The minimum atomic E-state index is -0.267. The van der Waals surface area contributed by atoms with Crippen LogP contribution in [0.1, 0.15) is 39.2 Å². The molecule has 0 aliphatic rings. The number of benzene rings is 1. The molecular weight excluding hydrogens is 471 g/mol. The number of nitrogens with zero attached hydrogens (tertiary/aromatic N) is 5. The topological polar surface area (TPSA) is 77.1 Å². The molecule has 10 heteroatoms. The van der Waals surface area contributed by atoms with Crippen LogP contribution in [-0.2, 0) is 6.54 Å². The number of rotatable bonds is 8. The van der Waals surface area contributed by atoms with E-state index in [1.54, 1.807) is 23.9 Å². The van der Waals surface area contributed by atoms with E-state index in [1.165, 1.54) is 23.5 Å². The molecular formula is C24H23FN6OS2. The summed E-state index contributed by atoms with van der Waals surface area (Å²) in [5.74, 6) is 1.19. The lowest BCUT2D eigenvalue weighted by molar-refractivity contribution is 0.0938. The lowest BCUT2D eigenvalue weighted by Crippen LogP contribution is -2.30. The number of fused-ring (bicyclic) bond motifs is 2. The van der Waals surface area contributed by atoms with Gasteiger partial charge in [-0.3, -0.25) is 13.9 Å². The van der Waals surface area contributed by atoms with Crippen molar-refractivity contribution in [1.82, 2.24) is 29.7 Å². The first-order valence-electron chi connectivity index (χ1n) is 10.8. The second-order valence-electron chi connectivity index (χ2n) is 7.99. The van der Waals surface area contributed by atoms with Crippen LogP contribution in [0.5, 0.6) is 0 Å². The zero-order valence-corrected chi connectivity index (χ0v) is 20.4. The van der Waals surface area contributed by atoms with Gasteiger partial charge in [0.1, 0.15) is 10.6 Å². The van der Waals surface area contributed by atoms with Gasteiger partial charge in [-0.05, 0) is 61.2 Å². The first kappa shape index (κ1) is 22.5. The molecule has 0 radical (unpaired) electrons. The number of amides is 1. The first-order chi connectivity index (χ1) is 16.5. The number of hydrogen-bond acceptors (Lipinski definition) is 6. The van der Waals surface area contributed by atoms with Crippen LogP contribution < -0.4 is 5.32 Å². The number of halogens is 1. The summed E-state index contributed by atoms with van der Waals surface area (Å²) in [6.07, 6.45) is 4.70. The van der Waals surface area contributed by atoms with E-state index in [4.69, 9.17) is 0 Å². The van der Waals surface area contributed by atoms with Gasteiger partial charge in [0.25, 0.3) is 5.91 Å². The van der Waals surface area contributed by atoms with Crippen molar-refractivity contribution in [3.63, 3.8) is 0 Å². The van der Waals surface area contributed by atoms with Gasteiger partial charge in [0.05, 0.1) is 23.2 Å². The van der Waals surface area contributed by atoms with Crippen LogP contribution in [0.25, 0.3) is 15.9 Å². The maximum Gasteiger partial charge on any atom is 0.262 e. The molecule has 1 amide bonds. The van der Waals surface area contributed by atoms with Crippen LogP contribution in [-0.4, -0.2) is 42.3 Å². The third kappa shape index (κ3) is 4.43. The van der Waals surface area contributed by atoms with E-state index >= 15 is 0 Å². The van der Waals surface area contributed by atoms with Gasteiger partial charge < -0.3 is 5.32 Å². The highest BCUT2D eigenvalue weighted by molar-refractivity contribution is 7.98. The Morgan fingerprint density at radius 3 is 2.82 bits per heavy atom. The molecule has 7 nitrogen and oxygen atoms in total. The Hall–Kier alpha value is -3.24. The second-order valence-corrected chi connectivity index (χ2v) is 10.0. The summed E-state index contributed by atoms with van der Waals surface area (Å²) in [7, 11) is 0. The third-order valence-electron chi connectivity index (χ3n) is 5.64. The molecule has 1 N–H and O–H groups in total. The number of carbonyl (C=O) groups excluding carboxylic acids is 1. The Morgan fingerprint density at radius 1 is 1.21 bits per heavy atom. The van der Waals surface area contributed by atoms with Crippen LogP contribution in [0.2, 0.25) is 0 Å². The number of aryl methyl sites for hydroxylation is 1. The summed E-state index contributed by atoms with van der Waals surface area (Å²) in [4.78, 5) is 14.8. The molecule has 0 saturated heterocycles. The molecule has 1 atom stereocenters. The average Bonchev–Trinajstić information content (AvgIpc) is 3.54. The number of nitrogens with one attached hydrogen (secondary N) is 1. The number of aromatic nitrogens is 5. The molecule has 5 aromatic rings. The minimum Gasteiger partial charge on any atom is -0.341 e. The summed E-state index contributed by atoms with van der Waals surface area (Å²) < 4.78 is 17.1. The van der Waals surface area contributed by atoms with Gasteiger partial charge >= 0.3 is 0 Å². The monoisotopic (exact) mass is 494 g/mol. The molecule has 1 aromatic carbocycles. The fraction of sp³-hybridized carbons (Fsp3) is 0.250. The molecule has 0 aliphatic carbocycles. The Labute approximate surface area is 204 Å². The van der Waals surface area contributed by atoms with Gasteiger partial charge in [-0.1, -0.05) is 18.2 Å². The van der Waals surface area contributed by atoms with Gasteiger partial charge in [0.2, 0.25) is 0 Å². The van der Waals surface area contributed by atoms with Crippen molar-refractivity contribution >= 4 is 44.9 Å². The fourth-order valence-electron chi connectivity index (χ4n) is 3.92. The quantitative estimate of drug-likeness (QED) is 0.333. The van der Waals surface area contributed by atoms with Crippen LogP contribution in [0, 0.1) is 12.7 Å². The molecule has 1 unspecified atom stereocenters. The Balaban J connectivity index is 1.42. The molecule has 0 bridgehead atoms. The van der Waals surface area contributed by atoms with Crippen LogP contribution in [0.4, 0.5) is 4.39 Å². The van der Waals surface area contributed by atoms with Crippen molar-refractivity contribution in [1.29, 1.82) is 0 Å². The van der Waals surface area contributed by atoms with E-state index < -0.39 is 0 Å². The van der Waals surface area contributed by atoms with E-state index in [-0.39, 0.29) is 17.8 Å². The molecule has 4 aromatic heterocycles. The molecule has 174 valence electrons. The highest BCUT2D eigenvalue weighted by atomic mass is 32.2. The maximum atomic E-state index is 13.3. The lowest BCUT2D eigenvalue weighted by Gasteiger charge is -2.16. The highest BCUT2D eigenvalue weighted by Gasteiger charge is 2.23. The van der Waals surface area contributed by atoms with Gasteiger partial charge in [0.15, 0.2) is 11.5 Å². The normalized spacial score (nSPS) is 12.4. The van der Waals surface area contributed by atoms with Gasteiger partial charge in [-0.25, -0.2) is 4.39 Å². The van der Waals surface area contributed by atoms with E-state index in [9.17, 15) is 9.18 Å². The van der Waals surface area contributed by atoms with Crippen molar-refractivity contribution < 1.29 is 9.18 Å². The lowest BCUT2D eigenvalue weighted by atomic mass is 10.2. The number of pyridine rings is 1. The van der Waals surface area contributed by atoms with E-state index in [2.05, 4.69) is 20.6 Å². The molecule has 0 saturated carbocycles. The zero-order chi connectivity index (χ0) is 23.7. The van der Waals surface area contributed by atoms with Crippen LogP contribution in [0.3, 0.4) is 0 Å². The minimum absolute atomic E-state index is 0.146. The van der Waals surface area contributed by atoms with E-state index in [1.807, 2.05) is 52.7 Å². The average molecular weight is 495 g/mol. The van der Waals surface area contributed by atoms with Crippen molar-refractivity contribution in [3.05, 3.63) is 82.5 Å². The van der Waals surface area contributed by atoms with Gasteiger partial charge in [0, 0.05) is 11.6 Å². The molecule has 0 fully saturated rings. The summed E-state index contributed by atoms with van der Waals surface area (Å²) in [5.41, 5.74) is 2.55. The predicted molar refractivity (Wildman–Crippen MR) is 134 cm³/mol. The molecule has 0 spiro atoms. The van der Waals surface area contributed by atoms with E-state index in [0.717, 1.165) is 45.1 Å². The van der Waals surface area contributed by atoms with Crippen LogP contribution in [0.15, 0.2) is 54.7 Å². The number of carbonyl (C=O) groups is 1. The Bertz CT molecular complexity index is 1460. The smallest absolute Gasteiger partial charge is 0.262 e. The SMILES string of the molecule is CSCCC(NC(=O)c1cc2c(C)nn(Cc3ccc(F)cc3)c2s1)c1nnc2ccccn12. The molecule has 4 heterocycles. The highest BCUT2D eigenvalue weighted by Crippen LogP contribution is 2.30. The third-order valence-corrected chi connectivity index (χ3v) is 7.44. The molecule has 0 aliphatic heterocycles. The fourth-order valence-corrected chi connectivity index (χ4v) is 5.46. The summed E-state index contributed by atoms with van der Waals surface area (Å²) in [5, 5.41) is 17.3. The molecule has 34 heavy (non-hydrogen) atoms. The van der Waals surface area contributed by atoms with Gasteiger partial charge in [-0.2, -0.15) is 16.9 Å². The molecule has 5 rings (SSSR count). The van der Waals surface area contributed by atoms with Crippen LogP contribution >= 0.6 is 23.1 Å². The Kier molecular flexibility index (Phi) is 6.34. The van der Waals surface area contributed by atoms with E-state index in [0.29, 0.717) is 11.4 Å². The Morgan fingerprint density at radius 2 is 2.03 bits per heavy atom. The number of thioether (sulfide) groups is 1. The summed E-state index contributed by atoms with van der Waals surface area (Å²) in [6, 6.07) is 13.7. The summed E-state index contributed by atoms with van der Waals surface area (Å²) >= 11 is 3.13. The predicted octanol–water partition coefficient (Wildman–Crippen LogP) is 4.86. The first-order valence-corrected chi connectivity index (χ1v) is 13.1.